The molecule has 7 nitrogen and oxygen atoms in total. The zero-order chi connectivity index (χ0) is 19.5. The van der Waals surface area contributed by atoms with E-state index in [0.717, 1.165) is 16.5 Å². The molecule has 26 heavy (non-hydrogen) atoms. The number of nitrogens with zero attached hydrogens (tertiary/aromatic N) is 1. The van der Waals surface area contributed by atoms with Crippen LogP contribution in [0.4, 0.5) is 4.79 Å². The van der Waals surface area contributed by atoms with Crippen LogP contribution in [0.25, 0.3) is 10.9 Å². The number of methoxy groups -OCH3 is 1. The third-order valence-corrected chi connectivity index (χ3v) is 3.62. The van der Waals surface area contributed by atoms with E-state index in [0.29, 0.717) is 11.4 Å². The molecule has 2 aromatic rings. The fraction of sp³-hybridized carbons (Fsp3) is 0.421. The average molecular weight is 360 g/mol. The summed E-state index contributed by atoms with van der Waals surface area (Å²) in [5, 5.41) is 12.7. The molecule has 0 aliphatic carbocycles. The first-order valence-electron chi connectivity index (χ1n) is 8.25. The summed E-state index contributed by atoms with van der Waals surface area (Å²) in [5.41, 5.74) is 1.70. The number of pyridine rings is 1. The molecule has 1 amide bonds. The Morgan fingerprint density at radius 3 is 2.54 bits per heavy atom. The largest absolute Gasteiger partial charge is 0.481 e. The molecule has 1 atom stereocenters. The maximum atomic E-state index is 11.9. The van der Waals surface area contributed by atoms with Crippen molar-refractivity contribution in [2.75, 3.05) is 7.11 Å². The molecule has 1 aromatic carbocycles. The number of aromatic nitrogens is 1. The second kappa shape index (κ2) is 7.59. The van der Waals surface area contributed by atoms with Crippen molar-refractivity contribution >= 4 is 23.0 Å². The Morgan fingerprint density at radius 2 is 1.96 bits per heavy atom. The molecule has 0 bridgehead atoms. The van der Waals surface area contributed by atoms with Crippen molar-refractivity contribution in [3.05, 3.63) is 35.4 Å². The summed E-state index contributed by atoms with van der Waals surface area (Å²) < 4.78 is 10.4. The number of hydrogen-bond donors (Lipinski definition) is 2. The molecule has 7 heteroatoms. The van der Waals surface area contributed by atoms with Gasteiger partial charge in [0.25, 0.3) is 0 Å². The zero-order valence-corrected chi connectivity index (χ0v) is 15.6. The number of benzene rings is 1. The van der Waals surface area contributed by atoms with E-state index in [1.54, 1.807) is 20.8 Å². The smallest absolute Gasteiger partial charge is 0.408 e. The van der Waals surface area contributed by atoms with Crippen molar-refractivity contribution in [3.63, 3.8) is 0 Å². The molecule has 0 fully saturated rings. The topological polar surface area (TPSA) is 97.8 Å². The Kier molecular flexibility index (Phi) is 5.69. The number of hydrogen-bond acceptors (Lipinski definition) is 5. The predicted molar refractivity (Wildman–Crippen MR) is 97.5 cm³/mol. The third kappa shape index (κ3) is 5.08. The van der Waals surface area contributed by atoms with Gasteiger partial charge in [0.15, 0.2) is 0 Å². The number of aryl methyl sites for hydroxylation is 1. The number of ether oxygens (including phenoxy) is 2. The summed E-state index contributed by atoms with van der Waals surface area (Å²) in [5.74, 6) is -0.831. The van der Waals surface area contributed by atoms with E-state index in [1.165, 1.54) is 7.11 Å². The molecule has 0 aliphatic heterocycles. The Hall–Kier alpha value is -2.83. The number of rotatable bonds is 5. The van der Waals surface area contributed by atoms with Crippen LogP contribution in [0.1, 0.15) is 31.9 Å². The van der Waals surface area contributed by atoms with Gasteiger partial charge in [-0.15, -0.1) is 0 Å². The molecule has 0 saturated carbocycles. The van der Waals surface area contributed by atoms with Crippen molar-refractivity contribution in [2.45, 2.75) is 45.8 Å². The number of aliphatic carboxylic acids is 1. The number of nitrogens with one attached hydrogen (secondary N) is 1. The summed E-state index contributed by atoms with van der Waals surface area (Å²) in [4.78, 5) is 28.0. The maximum Gasteiger partial charge on any atom is 0.408 e. The van der Waals surface area contributed by atoms with Crippen LogP contribution in [-0.2, 0) is 16.0 Å². The van der Waals surface area contributed by atoms with E-state index in [9.17, 15) is 14.7 Å². The van der Waals surface area contributed by atoms with E-state index in [1.807, 2.05) is 31.2 Å². The minimum atomic E-state index is -1.16. The first-order valence-corrected chi connectivity index (χ1v) is 8.25. The minimum Gasteiger partial charge on any atom is -0.481 e. The van der Waals surface area contributed by atoms with Crippen molar-refractivity contribution < 1.29 is 24.2 Å². The summed E-state index contributed by atoms with van der Waals surface area (Å²) in [6.45, 7) is 7.09. The van der Waals surface area contributed by atoms with Crippen LogP contribution in [0, 0.1) is 6.92 Å². The van der Waals surface area contributed by atoms with Crippen LogP contribution in [0.5, 0.6) is 5.88 Å². The monoisotopic (exact) mass is 360 g/mol. The van der Waals surface area contributed by atoms with Crippen LogP contribution >= 0.6 is 0 Å². The SMILES string of the molecule is COc1nc2cc(C)ccc2cc1CC(NC(=O)OC(C)(C)C)C(=O)O. The number of carbonyl (C=O) groups excluding carboxylic acids is 1. The van der Waals surface area contributed by atoms with Gasteiger partial charge in [-0.2, -0.15) is 0 Å². The van der Waals surface area contributed by atoms with E-state index in [4.69, 9.17) is 9.47 Å². The fourth-order valence-corrected chi connectivity index (χ4v) is 2.50. The van der Waals surface area contributed by atoms with Gasteiger partial charge in [-0.1, -0.05) is 12.1 Å². The Balaban J connectivity index is 2.29. The number of carboxylic acids is 1. The first kappa shape index (κ1) is 19.5. The molecular weight excluding hydrogens is 336 g/mol. The minimum absolute atomic E-state index is 0.0224. The molecule has 1 aromatic heterocycles. The van der Waals surface area contributed by atoms with Gasteiger partial charge < -0.3 is 19.9 Å². The summed E-state index contributed by atoms with van der Waals surface area (Å²) >= 11 is 0. The Bertz CT molecular complexity index is 827. The molecule has 2 rings (SSSR count). The maximum absolute atomic E-state index is 11.9. The number of carboxylic acid groups (broad SMARTS) is 1. The molecule has 0 saturated heterocycles. The van der Waals surface area contributed by atoms with Gasteiger partial charge in [-0.05, 0) is 45.4 Å². The molecular formula is C19H24N2O5. The van der Waals surface area contributed by atoms with Crippen LogP contribution in [-0.4, -0.2) is 40.9 Å². The van der Waals surface area contributed by atoms with Gasteiger partial charge in [0.1, 0.15) is 11.6 Å². The van der Waals surface area contributed by atoms with Crippen molar-refractivity contribution in [1.29, 1.82) is 0 Å². The molecule has 2 N–H and O–H groups in total. The second-order valence-corrected chi connectivity index (χ2v) is 7.09. The van der Waals surface area contributed by atoms with Gasteiger partial charge in [-0.3, -0.25) is 0 Å². The van der Waals surface area contributed by atoms with Crippen LogP contribution in [0.2, 0.25) is 0 Å². The van der Waals surface area contributed by atoms with Crippen molar-refractivity contribution in [1.82, 2.24) is 10.3 Å². The third-order valence-electron chi connectivity index (χ3n) is 3.62. The summed E-state index contributed by atoms with van der Waals surface area (Å²) in [7, 11) is 1.48. The molecule has 1 heterocycles. The lowest BCUT2D eigenvalue weighted by atomic mass is 10.0. The lowest BCUT2D eigenvalue weighted by Crippen LogP contribution is -2.44. The Morgan fingerprint density at radius 1 is 1.27 bits per heavy atom. The highest BCUT2D eigenvalue weighted by Crippen LogP contribution is 2.24. The van der Waals surface area contributed by atoms with Gasteiger partial charge in [0, 0.05) is 17.4 Å². The quantitative estimate of drug-likeness (QED) is 0.850. The predicted octanol–water partition coefficient (Wildman–Crippen LogP) is 3.07. The average Bonchev–Trinajstić information content (AvgIpc) is 2.51. The van der Waals surface area contributed by atoms with E-state index in [-0.39, 0.29) is 6.42 Å². The molecule has 0 spiro atoms. The van der Waals surface area contributed by atoms with Gasteiger partial charge in [-0.25, -0.2) is 14.6 Å². The zero-order valence-electron chi connectivity index (χ0n) is 15.6. The number of alkyl carbamates (subject to hydrolysis) is 1. The highest BCUT2D eigenvalue weighted by atomic mass is 16.6. The molecule has 0 radical (unpaired) electrons. The lowest BCUT2D eigenvalue weighted by molar-refractivity contribution is -0.139. The van der Waals surface area contributed by atoms with Crippen LogP contribution < -0.4 is 10.1 Å². The van der Waals surface area contributed by atoms with Gasteiger partial charge in [0.05, 0.1) is 12.6 Å². The Labute approximate surface area is 152 Å². The normalized spacial score (nSPS) is 12.5. The van der Waals surface area contributed by atoms with Crippen molar-refractivity contribution in [2.24, 2.45) is 0 Å². The molecule has 1 unspecified atom stereocenters. The van der Waals surface area contributed by atoms with Gasteiger partial charge in [0.2, 0.25) is 5.88 Å². The number of amides is 1. The van der Waals surface area contributed by atoms with E-state index in [2.05, 4.69) is 10.3 Å². The van der Waals surface area contributed by atoms with Crippen LogP contribution in [0.3, 0.4) is 0 Å². The van der Waals surface area contributed by atoms with E-state index >= 15 is 0 Å². The second-order valence-electron chi connectivity index (χ2n) is 7.09. The highest BCUT2D eigenvalue weighted by molar-refractivity contribution is 5.83. The lowest BCUT2D eigenvalue weighted by Gasteiger charge is -2.22. The standard InChI is InChI=1S/C19H24N2O5/c1-11-6-7-12-9-13(16(25-5)20-14(12)8-11)10-15(17(22)23)21-18(24)26-19(2,3)4/h6-9,15H,10H2,1-5H3,(H,21,24)(H,22,23). The summed E-state index contributed by atoms with van der Waals surface area (Å²) in [6, 6.07) is 6.46. The first-order chi connectivity index (χ1) is 12.1. The number of carbonyl (C=O) groups is 2. The molecule has 140 valence electrons. The van der Waals surface area contributed by atoms with Crippen LogP contribution in [0.15, 0.2) is 24.3 Å². The fourth-order valence-electron chi connectivity index (χ4n) is 2.50. The number of fused-ring (bicyclic) bond motifs is 1. The van der Waals surface area contributed by atoms with E-state index < -0.39 is 23.7 Å². The van der Waals surface area contributed by atoms with Crippen molar-refractivity contribution in [3.8, 4) is 5.88 Å². The highest BCUT2D eigenvalue weighted by Gasteiger charge is 2.25. The van der Waals surface area contributed by atoms with Gasteiger partial charge >= 0.3 is 12.1 Å². The molecule has 0 aliphatic rings. The summed E-state index contributed by atoms with van der Waals surface area (Å²) in [6.07, 6.45) is -0.762.